The summed E-state index contributed by atoms with van der Waals surface area (Å²) in [6, 6.07) is 1.65. The van der Waals surface area contributed by atoms with Crippen LogP contribution in [-0.4, -0.2) is 25.2 Å². The predicted molar refractivity (Wildman–Crippen MR) is 78.6 cm³/mol. The van der Waals surface area contributed by atoms with Crippen molar-refractivity contribution in [1.29, 1.82) is 0 Å². The maximum absolute atomic E-state index is 12.2. The molecule has 6 heteroatoms. The summed E-state index contributed by atoms with van der Waals surface area (Å²) in [4.78, 5) is 27.5. The van der Waals surface area contributed by atoms with Gasteiger partial charge in [0.1, 0.15) is 5.56 Å². The van der Waals surface area contributed by atoms with Crippen molar-refractivity contribution >= 4 is 5.97 Å². The van der Waals surface area contributed by atoms with Crippen LogP contribution in [-0.2, 0) is 13.1 Å². The number of imidazole rings is 1. The molecule has 0 radical (unpaired) electrons. The molecule has 0 unspecified atom stereocenters. The minimum absolute atomic E-state index is 0.174. The minimum atomic E-state index is -1.19. The Balaban J connectivity index is 2.37. The smallest absolute Gasteiger partial charge is 0.341 e. The Bertz CT molecular complexity index is 713. The van der Waals surface area contributed by atoms with Crippen LogP contribution in [0.25, 0.3) is 0 Å². The van der Waals surface area contributed by atoms with Crippen molar-refractivity contribution in [2.75, 3.05) is 0 Å². The normalized spacial score (nSPS) is 11.0. The van der Waals surface area contributed by atoms with E-state index in [0.29, 0.717) is 18.0 Å². The monoisotopic (exact) mass is 289 g/mol. The summed E-state index contributed by atoms with van der Waals surface area (Å²) in [6.45, 7) is 6.95. The highest BCUT2D eigenvalue weighted by Gasteiger charge is 2.15. The molecule has 0 bridgehead atoms. The third-order valence-corrected chi connectivity index (χ3v) is 3.28. The zero-order valence-corrected chi connectivity index (χ0v) is 12.4. The predicted octanol–water partition coefficient (Wildman–Crippen LogP) is 1.76. The number of hydrogen-bond donors (Lipinski definition) is 1. The zero-order chi connectivity index (χ0) is 15.6. The van der Waals surface area contributed by atoms with Crippen LogP contribution in [0.3, 0.4) is 0 Å². The molecule has 0 aromatic carbocycles. The molecule has 0 aliphatic heterocycles. The van der Waals surface area contributed by atoms with Crippen molar-refractivity contribution in [2.24, 2.45) is 5.92 Å². The van der Waals surface area contributed by atoms with Crippen LogP contribution in [0.15, 0.2) is 29.6 Å². The molecule has 2 rings (SSSR count). The third kappa shape index (κ3) is 3.21. The molecule has 0 spiro atoms. The molecule has 0 atom stereocenters. The molecule has 6 nitrogen and oxygen atoms in total. The molecule has 2 aromatic rings. The number of aromatic nitrogens is 3. The van der Waals surface area contributed by atoms with E-state index < -0.39 is 11.5 Å². The molecule has 112 valence electrons. The van der Waals surface area contributed by atoms with Gasteiger partial charge in [-0.2, -0.15) is 0 Å². The summed E-state index contributed by atoms with van der Waals surface area (Å²) in [5.41, 5.74) is 0.692. The molecule has 0 saturated carbocycles. The fourth-order valence-corrected chi connectivity index (χ4v) is 2.26. The quantitative estimate of drug-likeness (QED) is 0.909. The number of carbonyl (C=O) groups is 1. The molecule has 21 heavy (non-hydrogen) atoms. The lowest BCUT2D eigenvalue weighted by Gasteiger charge is -2.12. The van der Waals surface area contributed by atoms with Gasteiger partial charge < -0.3 is 14.2 Å². The molecule has 0 saturated heterocycles. The first-order valence-electron chi connectivity index (χ1n) is 6.82. The van der Waals surface area contributed by atoms with Crippen molar-refractivity contribution in [3.63, 3.8) is 0 Å². The fraction of sp³-hybridized carbons (Fsp3) is 0.400. The largest absolute Gasteiger partial charge is 0.477 e. The summed E-state index contributed by atoms with van der Waals surface area (Å²) < 4.78 is 3.39. The average Bonchev–Trinajstić information content (AvgIpc) is 2.79. The van der Waals surface area contributed by atoms with Crippen LogP contribution < -0.4 is 5.56 Å². The van der Waals surface area contributed by atoms with Gasteiger partial charge in [-0.3, -0.25) is 4.79 Å². The Morgan fingerprint density at radius 1 is 1.38 bits per heavy atom. The lowest BCUT2D eigenvalue weighted by atomic mass is 10.1. The molecular formula is C15H19N3O3. The van der Waals surface area contributed by atoms with Gasteiger partial charge in [-0.05, 0) is 24.5 Å². The number of pyridine rings is 1. The van der Waals surface area contributed by atoms with E-state index in [1.54, 1.807) is 31.7 Å². The SMILES string of the molecule is Cc1ccn(Cc2cncn2CC(C)C)c(=O)c1C(=O)O. The summed E-state index contributed by atoms with van der Waals surface area (Å²) in [7, 11) is 0. The van der Waals surface area contributed by atoms with Crippen molar-refractivity contribution in [3.8, 4) is 0 Å². The van der Waals surface area contributed by atoms with Crippen LogP contribution in [0.5, 0.6) is 0 Å². The van der Waals surface area contributed by atoms with Gasteiger partial charge in [-0.25, -0.2) is 9.78 Å². The highest BCUT2D eigenvalue weighted by atomic mass is 16.4. The van der Waals surface area contributed by atoms with Crippen LogP contribution in [0.1, 0.15) is 35.5 Å². The number of carboxylic acid groups (broad SMARTS) is 1. The molecule has 0 aliphatic carbocycles. The van der Waals surface area contributed by atoms with Gasteiger partial charge in [0.05, 0.1) is 18.6 Å². The van der Waals surface area contributed by atoms with E-state index in [4.69, 9.17) is 5.11 Å². The minimum Gasteiger partial charge on any atom is -0.477 e. The lowest BCUT2D eigenvalue weighted by molar-refractivity contribution is 0.0693. The topological polar surface area (TPSA) is 77.1 Å². The number of carboxylic acids is 1. The summed E-state index contributed by atoms with van der Waals surface area (Å²) in [5.74, 6) is -0.732. The third-order valence-electron chi connectivity index (χ3n) is 3.28. The van der Waals surface area contributed by atoms with Gasteiger partial charge in [0, 0.05) is 18.9 Å². The molecular weight excluding hydrogens is 270 g/mol. The van der Waals surface area contributed by atoms with Crippen LogP contribution in [0.2, 0.25) is 0 Å². The van der Waals surface area contributed by atoms with E-state index in [0.717, 1.165) is 12.2 Å². The van der Waals surface area contributed by atoms with E-state index in [2.05, 4.69) is 18.8 Å². The van der Waals surface area contributed by atoms with Crippen LogP contribution >= 0.6 is 0 Å². The van der Waals surface area contributed by atoms with E-state index >= 15 is 0 Å². The Hall–Kier alpha value is -2.37. The standard InChI is InChI=1S/C15H19N3O3/c1-10(2)7-18-9-16-6-12(18)8-17-5-4-11(3)13(14(17)19)15(20)21/h4-6,9-10H,7-8H2,1-3H3,(H,20,21). The zero-order valence-electron chi connectivity index (χ0n) is 12.4. The van der Waals surface area contributed by atoms with Crippen LogP contribution in [0, 0.1) is 12.8 Å². The van der Waals surface area contributed by atoms with Gasteiger partial charge >= 0.3 is 5.97 Å². The average molecular weight is 289 g/mol. The maximum atomic E-state index is 12.2. The molecule has 0 fully saturated rings. The molecule has 0 amide bonds. The molecule has 1 N–H and O–H groups in total. The second kappa shape index (κ2) is 5.95. The molecule has 0 aliphatic rings. The first-order valence-corrected chi connectivity index (χ1v) is 6.82. The lowest BCUT2D eigenvalue weighted by Crippen LogP contribution is -2.28. The Morgan fingerprint density at radius 2 is 2.10 bits per heavy atom. The molecule has 2 aromatic heterocycles. The Morgan fingerprint density at radius 3 is 2.71 bits per heavy atom. The first-order chi connectivity index (χ1) is 9.90. The van der Waals surface area contributed by atoms with Gasteiger partial charge in [0.2, 0.25) is 0 Å². The number of aromatic carboxylic acids is 1. The second-order valence-electron chi connectivity index (χ2n) is 5.54. The van der Waals surface area contributed by atoms with Gasteiger partial charge in [-0.15, -0.1) is 0 Å². The highest BCUT2D eigenvalue weighted by Crippen LogP contribution is 2.07. The molecule has 2 heterocycles. The van der Waals surface area contributed by atoms with Crippen molar-refractivity contribution in [1.82, 2.24) is 14.1 Å². The summed E-state index contributed by atoms with van der Waals surface area (Å²) in [6.07, 6.45) is 5.05. The van der Waals surface area contributed by atoms with E-state index in [1.165, 1.54) is 4.57 Å². The number of hydrogen-bond acceptors (Lipinski definition) is 3. The van der Waals surface area contributed by atoms with E-state index in [-0.39, 0.29) is 5.56 Å². The number of nitrogens with zero attached hydrogens (tertiary/aromatic N) is 3. The number of rotatable bonds is 5. The van der Waals surface area contributed by atoms with E-state index in [1.807, 2.05) is 4.57 Å². The fourth-order valence-electron chi connectivity index (χ4n) is 2.26. The summed E-state index contributed by atoms with van der Waals surface area (Å²) in [5, 5.41) is 9.14. The van der Waals surface area contributed by atoms with Gasteiger partial charge in [-0.1, -0.05) is 13.8 Å². The van der Waals surface area contributed by atoms with E-state index in [9.17, 15) is 9.59 Å². The summed E-state index contributed by atoms with van der Waals surface area (Å²) >= 11 is 0. The highest BCUT2D eigenvalue weighted by molar-refractivity contribution is 5.88. The van der Waals surface area contributed by atoms with Crippen molar-refractivity contribution in [3.05, 3.63) is 52.0 Å². The van der Waals surface area contributed by atoms with Gasteiger partial charge in [0.25, 0.3) is 5.56 Å². The van der Waals surface area contributed by atoms with Gasteiger partial charge in [0.15, 0.2) is 0 Å². The number of aryl methyl sites for hydroxylation is 1. The van der Waals surface area contributed by atoms with Crippen molar-refractivity contribution in [2.45, 2.75) is 33.9 Å². The van der Waals surface area contributed by atoms with Crippen LogP contribution in [0.4, 0.5) is 0 Å². The van der Waals surface area contributed by atoms with Crippen molar-refractivity contribution < 1.29 is 9.90 Å². The Kier molecular flexibility index (Phi) is 4.26. The first kappa shape index (κ1) is 15.0. The Labute approximate surface area is 122 Å². The maximum Gasteiger partial charge on any atom is 0.341 e. The second-order valence-corrected chi connectivity index (χ2v) is 5.54.